The zero-order valence-electron chi connectivity index (χ0n) is 17.4. The molecule has 5 aromatic rings. The van der Waals surface area contributed by atoms with Crippen molar-refractivity contribution in [1.29, 1.82) is 0 Å². The monoisotopic (exact) mass is 444 g/mol. The molecule has 3 heterocycles. The number of hydrogen-bond donors (Lipinski definition) is 0. The van der Waals surface area contributed by atoms with E-state index in [0.29, 0.717) is 18.3 Å². The van der Waals surface area contributed by atoms with Crippen molar-refractivity contribution in [3.8, 4) is 5.75 Å². The molecule has 160 valence electrons. The molecule has 1 amide bonds. The molecule has 0 saturated carbocycles. The van der Waals surface area contributed by atoms with Gasteiger partial charge in [0, 0.05) is 6.20 Å². The molecule has 8 nitrogen and oxygen atoms in total. The van der Waals surface area contributed by atoms with Gasteiger partial charge in [0.05, 0.1) is 34.6 Å². The molecule has 0 unspecified atom stereocenters. The largest absolute Gasteiger partial charge is 0.494 e. The highest BCUT2D eigenvalue weighted by Crippen LogP contribution is 2.32. The van der Waals surface area contributed by atoms with Gasteiger partial charge in [-0.25, -0.2) is 9.67 Å². The van der Waals surface area contributed by atoms with Crippen molar-refractivity contribution in [1.82, 2.24) is 25.0 Å². The van der Waals surface area contributed by atoms with Crippen LogP contribution in [0.2, 0.25) is 0 Å². The summed E-state index contributed by atoms with van der Waals surface area (Å²) in [6.07, 6.45) is 1.72. The number of pyridine rings is 1. The van der Waals surface area contributed by atoms with E-state index in [-0.39, 0.29) is 12.5 Å². The number of anilines is 1. The summed E-state index contributed by atoms with van der Waals surface area (Å²) in [5.74, 6) is 0.641. The van der Waals surface area contributed by atoms with Crippen LogP contribution in [0.5, 0.6) is 5.75 Å². The third kappa shape index (κ3) is 4.02. The van der Waals surface area contributed by atoms with Crippen LogP contribution in [-0.4, -0.2) is 37.5 Å². The number of rotatable bonds is 7. The molecule has 0 aliphatic heterocycles. The first-order valence-corrected chi connectivity index (χ1v) is 11.0. The van der Waals surface area contributed by atoms with Crippen LogP contribution >= 0.6 is 11.3 Å². The van der Waals surface area contributed by atoms with E-state index in [9.17, 15) is 4.79 Å². The molecule has 32 heavy (non-hydrogen) atoms. The molecule has 0 spiro atoms. The van der Waals surface area contributed by atoms with Crippen LogP contribution in [0, 0.1) is 0 Å². The Morgan fingerprint density at radius 1 is 1.09 bits per heavy atom. The van der Waals surface area contributed by atoms with Crippen LogP contribution in [-0.2, 0) is 17.9 Å². The Labute approximate surface area is 188 Å². The van der Waals surface area contributed by atoms with E-state index >= 15 is 0 Å². The number of thiazole rings is 1. The van der Waals surface area contributed by atoms with Crippen LogP contribution < -0.4 is 9.64 Å². The van der Waals surface area contributed by atoms with Crippen molar-refractivity contribution < 1.29 is 9.53 Å². The number of aromatic nitrogens is 5. The summed E-state index contributed by atoms with van der Waals surface area (Å²) in [5.41, 5.74) is 3.15. The number of carbonyl (C=O) groups is 1. The molecule has 0 aliphatic rings. The quantitative estimate of drug-likeness (QED) is 0.376. The fourth-order valence-electron chi connectivity index (χ4n) is 3.43. The predicted octanol–water partition coefficient (Wildman–Crippen LogP) is 4.07. The van der Waals surface area contributed by atoms with Crippen molar-refractivity contribution in [2.75, 3.05) is 11.5 Å². The fourth-order valence-corrected chi connectivity index (χ4v) is 4.44. The minimum atomic E-state index is -0.143. The van der Waals surface area contributed by atoms with Crippen LogP contribution in [0.1, 0.15) is 12.6 Å². The SMILES string of the molecule is CCOc1ccc2nc(N(Cc3ccccn3)C(=O)Cn3nnc4ccccc43)sc2c1. The van der Waals surface area contributed by atoms with Crippen LogP contribution in [0.4, 0.5) is 5.13 Å². The number of para-hydroxylation sites is 1. The standard InChI is InChI=1S/C23H20N6O2S/c1-2-31-17-10-11-19-21(13-17)32-23(25-19)28(14-16-7-5-6-12-24-16)22(30)15-29-20-9-4-3-8-18(20)26-27-29/h3-13H,2,14-15H2,1H3. The molecule has 2 aromatic carbocycles. The smallest absolute Gasteiger partial charge is 0.250 e. The second kappa shape index (κ2) is 8.72. The van der Waals surface area contributed by atoms with Gasteiger partial charge in [-0.15, -0.1) is 5.10 Å². The zero-order valence-corrected chi connectivity index (χ0v) is 18.2. The maximum absolute atomic E-state index is 13.5. The summed E-state index contributed by atoms with van der Waals surface area (Å²) in [5, 5.41) is 8.92. The van der Waals surface area contributed by atoms with Gasteiger partial charge >= 0.3 is 0 Å². The molecule has 0 aliphatic carbocycles. The lowest BCUT2D eigenvalue weighted by molar-refractivity contribution is -0.119. The van der Waals surface area contributed by atoms with Crippen LogP contribution in [0.15, 0.2) is 66.9 Å². The highest BCUT2D eigenvalue weighted by Gasteiger charge is 2.22. The van der Waals surface area contributed by atoms with Gasteiger partial charge in [0.1, 0.15) is 17.8 Å². The molecule has 3 aromatic heterocycles. The third-order valence-corrected chi connectivity index (χ3v) is 5.98. The Morgan fingerprint density at radius 2 is 1.97 bits per heavy atom. The second-order valence-corrected chi connectivity index (χ2v) is 8.10. The lowest BCUT2D eigenvalue weighted by Gasteiger charge is -2.19. The van der Waals surface area contributed by atoms with E-state index in [1.807, 2.05) is 67.6 Å². The van der Waals surface area contributed by atoms with Crippen molar-refractivity contribution >= 4 is 43.6 Å². The Hall–Kier alpha value is -3.85. The van der Waals surface area contributed by atoms with Gasteiger partial charge in [-0.3, -0.25) is 14.7 Å². The summed E-state index contributed by atoms with van der Waals surface area (Å²) in [4.78, 5) is 24.2. The summed E-state index contributed by atoms with van der Waals surface area (Å²) in [7, 11) is 0. The molecule has 5 rings (SSSR count). The number of hydrogen-bond acceptors (Lipinski definition) is 7. The van der Waals surface area contributed by atoms with Crippen LogP contribution in [0.25, 0.3) is 21.3 Å². The molecular weight excluding hydrogens is 424 g/mol. The Morgan fingerprint density at radius 3 is 2.81 bits per heavy atom. The molecule has 0 bridgehead atoms. The van der Waals surface area contributed by atoms with E-state index < -0.39 is 0 Å². The Balaban J connectivity index is 1.50. The van der Waals surface area contributed by atoms with E-state index in [1.165, 1.54) is 11.3 Å². The van der Waals surface area contributed by atoms with E-state index in [1.54, 1.807) is 15.8 Å². The molecule has 0 N–H and O–H groups in total. The van der Waals surface area contributed by atoms with E-state index in [2.05, 4.69) is 15.3 Å². The maximum Gasteiger partial charge on any atom is 0.250 e. The van der Waals surface area contributed by atoms with Crippen molar-refractivity contribution in [2.24, 2.45) is 0 Å². The summed E-state index contributed by atoms with van der Waals surface area (Å²) in [6.45, 7) is 2.90. The predicted molar refractivity (Wildman–Crippen MR) is 124 cm³/mol. The lowest BCUT2D eigenvalue weighted by atomic mass is 10.3. The van der Waals surface area contributed by atoms with Crippen molar-refractivity contribution in [3.63, 3.8) is 0 Å². The molecular formula is C23H20N6O2S. The van der Waals surface area contributed by atoms with Gasteiger partial charge in [-0.1, -0.05) is 34.7 Å². The van der Waals surface area contributed by atoms with Crippen molar-refractivity contribution in [2.45, 2.75) is 20.0 Å². The summed E-state index contributed by atoms with van der Waals surface area (Å²) in [6, 6.07) is 19.0. The van der Waals surface area contributed by atoms with E-state index in [4.69, 9.17) is 9.72 Å². The van der Waals surface area contributed by atoms with Gasteiger partial charge < -0.3 is 4.74 Å². The van der Waals surface area contributed by atoms with Gasteiger partial charge in [0.15, 0.2) is 5.13 Å². The highest BCUT2D eigenvalue weighted by atomic mass is 32.1. The second-order valence-electron chi connectivity index (χ2n) is 7.10. The highest BCUT2D eigenvalue weighted by molar-refractivity contribution is 7.22. The van der Waals surface area contributed by atoms with Gasteiger partial charge in [-0.2, -0.15) is 0 Å². The summed E-state index contributed by atoms with van der Waals surface area (Å²) < 4.78 is 8.18. The van der Waals surface area contributed by atoms with Gasteiger partial charge in [-0.05, 0) is 49.4 Å². The molecule has 0 saturated heterocycles. The average molecular weight is 445 g/mol. The first-order valence-electron chi connectivity index (χ1n) is 10.2. The number of benzene rings is 2. The minimum absolute atomic E-state index is 0.0491. The fraction of sp³-hybridized carbons (Fsp3) is 0.174. The molecule has 0 radical (unpaired) electrons. The Bertz CT molecular complexity index is 1380. The average Bonchev–Trinajstić information content (AvgIpc) is 3.42. The first kappa shape index (κ1) is 20.1. The lowest BCUT2D eigenvalue weighted by Crippen LogP contribution is -2.34. The number of nitrogens with zero attached hydrogens (tertiary/aromatic N) is 6. The zero-order chi connectivity index (χ0) is 21.9. The number of carbonyl (C=O) groups excluding carboxylic acids is 1. The molecule has 0 fully saturated rings. The molecule has 0 atom stereocenters. The first-order chi connectivity index (χ1) is 15.7. The maximum atomic E-state index is 13.5. The Kier molecular flexibility index (Phi) is 5.47. The minimum Gasteiger partial charge on any atom is -0.494 e. The summed E-state index contributed by atoms with van der Waals surface area (Å²) >= 11 is 1.45. The number of ether oxygens (including phenoxy) is 1. The van der Waals surface area contributed by atoms with Crippen LogP contribution in [0.3, 0.4) is 0 Å². The number of fused-ring (bicyclic) bond motifs is 2. The van der Waals surface area contributed by atoms with Crippen molar-refractivity contribution in [3.05, 3.63) is 72.6 Å². The normalized spacial score (nSPS) is 11.2. The third-order valence-electron chi connectivity index (χ3n) is 4.94. The van der Waals surface area contributed by atoms with E-state index in [0.717, 1.165) is 32.7 Å². The van der Waals surface area contributed by atoms with Gasteiger partial charge in [0.2, 0.25) is 0 Å². The topological polar surface area (TPSA) is 86.0 Å². The van der Waals surface area contributed by atoms with Gasteiger partial charge in [0.25, 0.3) is 5.91 Å². The molecule has 9 heteroatoms. The number of amides is 1.